The smallest absolute Gasteiger partial charge is 0.358 e. The van der Waals surface area contributed by atoms with Crippen molar-refractivity contribution in [2.75, 3.05) is 26.4 Å². The van der Waals surface area contributed by atoms with E-state index in [1.165, 1.54) is 0 Å². The summed E-state index contributed by atoms with van der Waals surface area (Å²) >= 11 is 0. The maximum absolute atomic E-state index is 12.5. The van der Waals surface area contributed by atoms with Gasteiger partial charge in [0.2, 0.25) is 5.78 Å². The average molecular weight is 281 g/mol. The lowest BCUT2D eigenvalue weighted by atomic mass is 10.5. The summed E-state index contributed by atoms with van der Waals surface area (Å²) < 4.78 is 27.8. The molecule has 1 atom stereocenters. The molecule has 1 unspecified atom stereocenters. The quantitative estimate of drug-likeness (QED) is 0.488. The SMILES string of the molecule is CCCNC(C(=O)OCC)P(=O)(OCC)OCC. The van der Waals surface area contributed by atoms with Crippen LogP contribution >= 0.6 is 7.60 Å². The van der Waals surface area contributed by atoms with Crippen LogP contribution < -0.4 is 5.32 Å². The predicted octanol–water partition coefficient (Wildman–Crippen LogP) is 2.14. The van der Waals surface area contributed by atoms with Crippen LogP contribution in [-0.2, 0) is 23.1 Å². The van der Waals surface area contributed by atoms with Crippen molar-refractivity contribution < 1.29 is 23.1 Å². The second kappa shape index (κ2) is 9.50. The third-order valence-electron chi connectivity index (χ3n) is 2.03. The van der Waals surface area contributed by atoms with E-state index in [9.17, 15) is 9.36 Å². The van der Waals surface area contributed by atoms with Crippen LogP contribution in [0.5, 0.6) is 0 Å². The normalized spacial score (nSPS) is 13.3. The van der Waals surface area contributed by atoms with Gasteiger partial charge in [-0.3, -0.25) is 9.88 Å². The fraction of sp³-hybridized carbons (Fsp3) is 0.909. The Balaban J connectivity index is 4.96. The molecular formula is C11H24NO5P. The summed E-state index contributed by atoms with van der Waals surface area (Å²) in [5, 5.41) is 2.88. The Hall–Kier alpha value is -0.420. The molecule has 0 saturated heterocycles. The van der Waals surface area contributed by atoms with Crippen molar-refractivity contribution in [1.82, 2.24) is 5.32 Å². The van der Waals surface area contributed by atoms with Gasteiger partial charge in [-0.15, -0.1) is 0 Å². The Kier molecular flexibility index (Phi) is 9.28. The van der Waals surface area contributed by atoms with Crippen LogP contribution in [0.2, 0.25) is 0 Å². The van der Waals surface area contributed by atoms with Crippen LogP contribution in [0.15, 0.2) is 0 Å². The number of rotatable bonds is 10. The van der Waals surface area contributed by atoms with E-state index in [2.05, 4.69) is 5.32 Å². The first-order chi connectivity index (χ1) is 8.55. The summed E-state index contributed by atoms with van der Waals surface area (Å²) in [5.74, 6) is -1.66. The minimum Gasteiger partial charge on any atom is -0.464 e. The lowest BCUT2D eigenvalue weighted by Gasteiger charge is -2.25. The lowest BCUT2D eigenvalue weighted by Crippen LogP contribution is -2.39. The van der Waals surface area contributed by atoms with E-state index in [4.69, 9.17) is 13.8 Å². The monoisotopic (exact) mass is 281 g/mol. The van der Waals surface area contributed by atoms with E-state index in [0.29, 0.717) is 6.54 Å². The Bertz CT molecular complexity index is 275. The molecule has 0 saturated carbocycles. The van der Waals surface area contributed by atoms with E-state index >= 15 is 0 Å². The highest BCUT2D eigenvalue weighted by Gasteiger charge is 2.41. The predicted molar refractivity (Wildman–Crippen MR) is 69.6 cm³/mol. The Morgan fingerprint density at radius 2 is 1.67 bits per heavy atom. The molecule has 1 N–H and O–H groups in total. The molecule has 0 aromatic rings. The second-order valence-corrected chi connectivity index (χ2v) is 5.60. The van der Waals surface area contributed by atoms with E-state index in [1.54, 1.807) is 20.8 Å². The molecule has 0 aromatic heterocycles. The zero-order chi connectivity index (χ0) is 14.0. The summed E-state index contributed by atoms with van der Waals surface area (Å²) in [4.78, 5) is 11.8. The van der Waals surface area contributed by atoms with Gasteiger partial charge in [-0.25, -0.2) is 4.79 Å². The minimum atomic E-state index is -3.53. The molecule has 0 bridgehead atoms. The van der Waals surface area contributed by atoms with Crippen molar-refractivity contribution in [2.24, 2.45) is 0 Å². The van der Waals surface area contributed by atoms with Gasteiger partial charge in [0.15, 0.2) is 0 Å². The zero-order valence-corrected chi connectivity index (χ0v) is 12.5. The summed E-state index contributed by atoms with van der Waals surface area (Å²) in [6.45, 7) is 8.22. The highest BCUT2D eigenvalue weighted by atomic mass is 31.2. The number of hydrogen-bond donors (Lipinski definition) is 1. The Morgan fingerprint density at radius 1 is 1.11 bits per heavy atom. The van der Waals surface area contributed by atoms with Crippen LogP contribution in [0.4, 0.5) is 0 Å². The van der Waals surface area contributed by atoms with Gasteiger partial charge in [0.25, 0.3) is 0 Å². The first kappa shape index (κ1) is 17.6. The molecule has 108 valence electrons. The summed E-state index contributed by atoms with van der Waals surface area (Å²) in [7, 11) is -3.53. The highest BCUT2D eigenvalue weighted by molar-refractivity contribution is 7.55. The third-order valence-corrected chi connectivity index (χ3v) is 4.29. The molecule has 0 heterocycles. The first-order valence-corrected chi connectivity index (χ1v) is 7.95. The third kappa shape index (κ3) is 5.48. The molecule has 18 heavy (non-hydrogen) atoms. The fourth-order valence-corrected chi connectivity index (χ4v) is 3.15. The number of esters is 1. The van der Waals surface area contributed by atoms with Crippen molar-refractivity contribution in [2.45, 2.75) is 39.9 Å². The van der Waals surface area contributed by atoms with Crippen molar-refractivity contribution >= 4 is 13.6 Å². The van der Waals surface area contributed by atoms with E-state index in [1.807, 2.05) is 6.92 Å². The second-order valence-electron chi connectivity index (χ2n) is 3.48. The summed E-state index contributed by atoms with van der Waals surface area (Å²) in [5.41, 5.74) is 0. The molecular weight excluding hydrogens is 257 g/mol. The molecule has 0 radical (unpaired) electrons. The summed E-state index contributed by atoms with van der Waals surface area (Å²) in [6.07, 6.45) is 0.800. The number of carbonyl (C=O) groups excluding carboxylic acids is 1. The largest absolute Gasteiger partial charge is 0.464 e. The van der Waals surface area contributed by atoms with E-state index < -0.39 is 19.3 Å². The van der Waals surface area contributed by atoms with Gasteiger partial charge in [-0.05, 0) is 33.7 Å². The van der Waals surface area contributed by atoms with Crippen LogP contribution in [0.25, 0.3) is 0 Å². The molecule has 0 fully saturated rings. The van der Waals surface area contributed by atoms with Crippen molar-refractivity contribution in [3.8, 4) is 0 Å². The van der Waals surface area contributed by atoms with Crippen LogP contribution in [-0.4, -0.2) is 38.1 Å². The van der Waals surface area contributed by atoms with Gasteiger partial charge in [0, 0.05) is 0 Å². The van der Waals surface area contributed by atoms with Crippen molar-refractivity contribution in [3.63, 3.8) is 0 Å². The standard InChI is InChI=1S/C11H24NO5P/c1-5-9-12-10(11(13)15-6-2)18(14,16-7-3)17-8-4/h10,12H,5-9H2,1-4H3. The molecule has 0 aliphatic carbocycles. The number of hydrogen-bond acceptors (Lipinski definition) is 6. The first-order valence-electron chi connectivity index (χ1n) is 6.34. The van der Waals surface area contributed by atoms with Crippen LogP contribution in [0.3, 0.4) is 0 Å². The summed E-state index contributed by atoms with van der Waals surface area (Å²) in [6, 6.07) is 0. The van der Waals surface area contributed by atoms with Gasteiger partial charge < -0.3 is 13.8 Å². The molecule has 0 rings (SSSR count). The highest BCUT2D eigenvalue weighted by Crippen LogP contribution is 2.52. The Labute approximate surface area is 109 Å². The molecule has 0 spiro atoms. The topological polar surface area (TPSA) is 73.9 Å². The molecule has 0 amide bonds. The minimum absolute atomic E-state index is 0.209. The number of ether oxygens (including phenoxy) is 1. The van der Waals surface area contributed by atoms with Gasteiger partial charge in [0.05, 0.1) is 19.8 Å². The number of carbonyl (C=O) groups is 1. The van der Waals surface area contributed by atoms with Crippen molar-refractivity contribution in [1.29, 1.82) is 0 Å². The van der Waals surface area contributed by atoms with Gasteiger partial charge in [-0.1, -0.05) is 6.92 Å². The van der Waals surface area contributed by atoms with E-state index in [0.717, 1.165) is 6.42 Å². The zero-order valence-electron chi connectivity index (χ0n) is 11.6. The van der Waals surface area contributed by atoms with Crippen LogP contribution in [0, 0.1) is 0 Å². The molecule has 0 aromatic carbocycles. The molecule has 7 heteroatoms. The van der Waals surface area contributed by atoms with Crippen LogP contribution in [0.1, 0.15) is 34.1 Å². The Morgan fingerprint density at radius 3 is 2.06 bits per heavy atom. The fourth-order valence-electron chi connectivity index (χ4n) is 1.37. The van der Waals surface area contributed by atoms with Crippen molar-refractivity contribution in [3.05, 3.63) is 0 Å². The molecule has 0 aliphatic rings. The van der Waals surface area contributed by atoms with E-state index in [-0.39, 0.29) is 19.8 Å². The molecule has 6 nitrogen and oxygen atoms in total. The maximum Gasteiger partial charge on any atom is 0.358 e. The lowest BCUT2D eigenvalue weighted by molar-refractivity contribution is -0.143. The molecule has 0 aliphatic heterocycles. The number of nitrogens with one attached hydrogen (secondary N) is 1. The van der Waals surface area contributed by atoms with Gasteiger partial charge >= 0.3 is 13.6 Å². The van der Waals surface area contributed by atoms with Gasteiger partial charge in [-0.2, -0.15) is 0 Å². The maximum atomic E-state index is 12.5. The van der Waals surface area contributed by atoms with Gasteiger partial charge in [0.1, 0.15) is 0 Å². The average Bonchev–Trinajstić information content (AvgIpc) is 2.30.